The fourth-order valence-corrected chi connectivity index (χ4v) is 4.81. The van der Waals surface area contributed by atoms with Crippen LogP contribution in [0.25, 0.3) is 0 Å². The number of fused-ring (bicyclic) bond motifs is 1. The first-order valence-electron chi connectivity index (χ1n) is 10.8. The number of carbonyl (C=O) groups excluding carboxylic acids is 2. The molecule has 0 bridgehead atoms. The predicted molar refractivity (Wildman–Crippen MR) is 116 cm³/mol. The van der Waals surface area contributed by atoms with Crippen LogP contribution < -0.4 is 14.7 Å². The summed E-state index contributed by atoms with van der Waals surface area (Å²) >= 11 is 0. The third kappa shape index (κ3) is 3.39. The lowest BCUT2D eigenvalue weighted by atomic mass is 9.99. The van der Waals surface area contributed by atoms with E-state index in [9.17, 15) is 9.59 Å². The van der Waals surface area contributed by atoms with Crippen LogP contribution in [0.1, 0.15) is 48.0 Å². The van der Waals surface area contributed by atoms with Gasteiger partial charge in [-0.1, -0.05) is 6.07 Å². The Morgan fingerprint density at radius 2 is 1.48 bits per heavy atom. The highest BCUT2D eigenvalue weighted by atomic mass is 16.2. The summed E-state index contributed by atoms with van der Waals surface area (Å²) in [5.41, 5.74) is 5.11. The van der Waals surface area contributed by atoms with Crippen molar-refractivity contribution in [2.45, 2.75) is 38.5 Å². The number of hydrogen-bond donors (Lipinski definition) is 0. The molecule has 2 saturated heterocycles. The molecule has 29 heavy (non-hydrogen) atoms. The number of amides is 2. The van der Waals surface area contributed by atoms with Crippen LogP contribution in [0.3, 0.4) is 0 Å². The number of anilines is 3. The van der Waals surface area contributed by atoms with Gasteiger partial charge in [0, 0.05) is 55.2 Å². The van der Waals surface area contributed by atoms with Gasteiger partial charge in [-0.15, -0.1) is 0 Å². The molecular formula is C24H27N3O2. The Hall–Kier alpha value is -2.82. The SMILES string of the molecule is O=C1CCCN1c1ccc(C(=O)N2CCCc3ccc(N4CCCC4)cc32)cc1. The normalized spacial score (nSPS) is 19.0. The molecule has 0 radical (unpaired) electrons. The van der Waals surface area contributed by atoms with Crippen molar-refractivity contribution in [2.24, 2.45) is 0 Å². The van der Waals surface area contributed by atoms with Crippen molar-refractivity contribution in [1.82, 2.24) is 0 Å². The summed E-state index contributed by atoms with van der Waals surface area (Å²) in [7, 11) is 0. The molecule has 2 aromatic carbocycles. The zero-order chi connectivity index (χ0) is 19.8. The molecule has 5 heteroatoms. The average Bonchev–Trinajstić information content (AvgIpc) is 3.44. The quantitative estimate of drug-likeness (QED) is 0.797. The van der Waals surface area contributed by atoms with E-state index in [4.69, 9.17) is 0 Å². The van der Waals surface area contributed by atoms with Crippen LogP contribution in [0, 0.1) is 0 Å². The van der Waals surface area contributed by atoms with Gasteiger partial charge in [0.25, 0.3) is 5.91 Å². The molecule has 3 aliphatic rings. The molecule has 0 atom stereocenters. The maximum atomic E-state index is 13.3. The van der Waals surface area contributed by atoms with E-state index in [1.807, 2.05) is 34.1 Å². The van der Waals surface area contributed by atoms with Crippen molar-refractivity contribution in [3.8, 4) is 0 Å². The molecule has 0 unspecified atom stereocenters. The van der Waals surface area contributed by atoms with E-state index >= 15 is 0 Å². The van der Waals surface area contributed by atoms with Gasteiger partial charge in [-0.25, -0.2) is 0 Å². The maximum Gasteiger partial charge on any atom is 0.258 e. The summed E-state index contributed by atoms with van der Waals surface area (Å²) in [5.74, 6) is 0.215. The van der Waals surface area contributed by atoms with E-state index in [1.54, 1.807) is 0 Å². The highest BCUT2D eigenvalue weighted by Gasteiger charge is 2.26. The highest BCUT2D eigenvalue weighted by molar-refractivity contribution is 6.07. The average molecular weight is 389 g/mol. The zero-order valence-corrected chi connectivity index (χ0v) is 16.8. The van der Waals surface area contributed by atoms with Gasteiger partial charge in [-0.05, 0) is 74.1 Å². The summed E-state index contributed by atoms with van der Waals surface area (Å²) in [5, 5.41) is 0. The third-order valence-electron chi connectivity index (χ3n) is 6.40. The van der Waals surface area contributed by atoms with Crippen molar-refractivity contribution in [2.75, 3.05) is 40.9 Å². The van der Waals surface area contributed by atoms with E-state index in [-0.39, 0.29) is 11.8 Å². The lowest BCUT2D eigenvalue weighted by molar-refractivity contribution is -0.117. The minimum absolute atomic E-state index is 0.0452. The Kier molecular flexibility index (Phi) is 4.74. The van der Waals surface area contributed by atoms with Crippen LogP contribution in [-0.4, -0.2) is 38.0 Å². The summed E-state index contributed by atoms with van der Waals surface area (Å²) in [4.78, 5) is 31.5. The smallest absolute Gasteiger partial charge is 0.258 e. The van der Waals surface area contributed by atoms with Crippen LogP contribution in [0.2, 0.25) is 0 Å². The molecule has 0 N–H and O–H groups in total. The molecule has 5 nitrogen and oxygen atoms in total. The fourth-order valence-electron chi connectivity index (χ4n) is 4.81. The van der Waals surface area contributed by atoms with Crippen molar-refractivity contribution >= 4 is 28.9 Å². The minimum Gasteiger partial charge on any atom is -0.371 e. The topological polar surface area (TPSA) is 43.9 Å². The predicted octanol–water partition coefficient (Wildman–Crippen LogP) is 4.01. The summed E-state index contributed by atoms with van der Waals surface area (Å²) in [6.07, 6.45) is 6.02. The van der Waals surface area contributed by atoms with Gasteiger partial charge in [0.05, 0.1) is 0 Å². The first-order valence-corrected chi connectivity index (χ1v) is 10.8. The van der Waals surface area contributed by atoms with Crippen LogP contribution in [0.15, 0.2) is 42.5 Å². The Bertz CT molecular complexity index is 932. The number of carbonyl (C=O) groups is 2. The Morgan fingerprint density at radius 1 is 0.759 bits per heavy atom. The van der Waals surface area contributed by atoms with Crippen LogP contribution in [0.5, 0.6) is 0 Å². The summed E-state index contributed by atoms with van der Waals surface area (Å²) in [6.45, 7) is 3.72. The lowest BCUT2D eigenvalue weighted by Gasteiger charge is -2.31. The Labute approximate surface area is 171 Å². The monoisotopic (exact) mass is 389 g/mol. The first kappa shape index (κ1) is 18.2. The molecule has 0 spiro atoms. The molecule has 3 aliphatic heterocycles. The van der Waals surface area contributed by atoms with Gasteiger partial charge in [0.2, 0.25) is 5.91 Å². The van der Waals surface area contributed by atoms with E-state index in [0.717, 1.165) is 56.8 Å². The molecule has 2 fully saturated rings. The van der Waals surface area contributed by atoms with Gasteiger partial charge in [-0.2, -0.15) is 0 Å². The number of aryl methyl sites for hydroxylation is 1. The van der Waals surface area contributed by atoms with Gasteiger partial charge < -0.3 is 14.7 Å². The number of rotatable bonds is 3. The zero-order valence-electron chi connectivity index (χ0n) is 16.8. The molecule has 0 aliphatic carbocycles. The second-order valence-corrected chi connectivity index (χ2v) is 8.26. The van der Waals surface area contributed by atoms with E-state index in [2.05, 4.69) is 23.1 Å². The molecule has 0 aromatic heterocycles. The van der Waals surface area contributed by atoms with Gasteiger partial charge in [-0.3, -0.25) is 9.59 Å². The van der Waals surface area contributed by atoms with E-state index in [1.165, 1.54) is 24.1 Å². The van der Waals surface area contributed by atoms with Gasteiger partial charge in [0.1, 0.15) is 0 Å². The molecule has 0 saturated carbocycles. The third-order valence-corrected chi connectivity index (χ3v) is 6.40. The van der Waals surface area contributed by atoms with E-state index in [0.29, 0.717) is 12.0 Å². The molecule has 150 valence electrons. The number of benzene rings is 2. The summed E-state index contributed by atoms with van der Waals surface area (Å²) in [6, 6.07) is 14.1. The van der Waals surface area contributed by atoms with Crippen molar-refractivity contribution in [3.05, 3.63) is 53.6 Å². The molecule has 2 aromatic rings. The summed E-state index contributed by atoms with van der Waals surface area (Å²) < 4.78 is 0. The van der Waals surface area contributed by atoms with E-state index < -0.39 is 0 Å². The van der Waals surface area contributed by atoms with Crippen LogP contribution in [0.4, 0.5) is 17.1 Å². The Morgan fingerprint density at radius 3 is 2.21 bits per heavy atom. The van der Waals surface area contributed by atoms with Crippen LogP contribution in [-0.2, 0) is 11.2 Å². The first-order chi connectivity index (χ1) is 14.2. The minimum atomic E-state index is 0.0452. The van der Waals surface area contributed by atoms with Gasteiger partial charge >= 0.3 is 0 Å². The molecule has 3 heterocycles. The largest absolute Gasteiger partial charge is 0.371 e. The maximum absolute atomic E-state index is 13.3. The van der Waals surface area contributed by atoms with Gasteiger partial charge in [0.15, 0.2) is 0 Å². The number of nitrogens with zero attached hydrogens (tertiary/aromatic N) is 3. The van der Waals surface area contributed by atoms with Crippen LogP contribution >= 0.6 is 0 Å². The molecular weight excluding hydrogens is 362 g/mol. The molecule has 2 amide bonds. The fraction of sp³-hybridized carbons (Fsp3) is 0.417. The van der Waals surface area contributed by atoms with Crippen molar-refractivity contribution in [3.63, 3.8) is 0 Å². The van der Waals surface area contributed by atoms with Crippen molar-refractivity contribution in [1.29, 1.82) is 0 Å². The Balaban J connectivity index is 1.40. The highest BCUT2D eigenvalue weighted by Crippen LogP contribution is 2.34. The lowest BCUT2D eigenvalue weighted by Crippen LogP contribution is -2.35. The standard InChI is InChI=1S/C24H27N3O2/c28-23-6-4-15-26(23)20-10-8-19(9-11-20)24(29)27-16-3-5-18-7-12-21(17-22(18)27)25-13-1-2-14-25/h7-12,17H,1-6,13-16H2. The second kappa shape index (κ2) is 7.54. The number of hydrogen-bond acceptors (Lipinski definition) is 3. The second-order valence-electron chi connectivity index (χ2n) is 8.26. The van der Waals surface area contributed by atoms with Crippen molar-refractivity contribution < 1.29 is 9.59 Å². The molecule has 5 rings (SSSR count).